The largest absolute Gasteiger partial charge is 0.480 e. The number of carboxylic acids is 1. The summed E-state index contributed by atoms with van der Waals surface area (Å²) in [6.45, 7) is 4.63. The van der Waals surface area contributed by atoms with Crippen LogP contribution in [0.4, 0.5) is 0 Å². The smallest absolute Gasteiger partial charge is 0.326 e. The summed E-state index contributed by atoms with van der Waals surface area (Å²) in [4.78, 5) is 26.6. The fourth-order valence-corrected chi connectivity index (χ4v) is 1.87. The summed E-state index contributed by atoms with van der Waals surface area (Å²) in [5, 5.41) is 11.6. The number of hydrogen-bond donors (Lipinski definition) is 4. The van der Waals surface area contributed by atoms with Crippen LogP contribution in [-0.4, -0.2) is 35.5 Å². The van der Waals surface area contributed by atoms with Gasteiger partial charge in [-0.1, -0.05) is 26.7 Å². The molecule has 0 aromatic rings. The minimum absolute atomic E-state index is 0.0175. The van der Waals surface area contributed by atoms with Crippen LogP contribution in [0.25, 0.3) is 0 Å². The summed E-state index contributed by atoms with van der Waals surface area (Å²) in [6, 6.07) is -0.878. The first-order valence-corrected chi connectivity index (χ1v) is 7.40. The first-order valence-electron chi connectivity index (χ1n) is 7.40. The van der Waals surface area contributed by atoms with E-state index in [1.165, 1.54) is 0 Å². The van der Waals surface area contributed by atoms with Crippen LogP contribution >= 0.6 is 0 Å². The number of aliphatic imine (C=N–C) groups is 1. The lowest BCUT2D eigenvalue weighted by Crippen LogP contribution is -2.40. The van der Waals surface area contributed by atoms with Gasteiger partial charge in [-0.2, -0.15) is 0 Å². The molecular formula is C14H28N4O3. The predicted octanol–water partition coefficient (Wildman–Crippen LogP) is 0.826. The van der Waals surface area contributed by atoms with E-state index in [0.29, 0.717) is 31.7 Å². The fraction of sp³-hybridized carbons (Fsp3) is 0.786. The van der Waals surface area contributed by atoms with Gasteiger partial charge in [-0.05, 0) is 25.2 Å². The highest BCUT2D eigenvalue weighted by molar-refractivity contribution is 5.83. The summed E-state index contributed by atoms with van der Waals surface area (Å²) < 4.78 is 0. The van der Waals surface area contributed by atoms with Gasteiger partial charge >= 0.3 is 5.97 Å². The van der Waals surface area contributed by atoms with Crippen molar-refractivity contribution in [2.75, 3.05) is 6.54 Å². The van der Waals surface area contributed by atoms with Crippen LogP contribution in [0.5, 0.6) is 0 Å². The van der Waals surface area contributed by atoms with Crippen molar-refractivity contribution in [3.63, 3.8) is 0 Å². The fourth-order valence-electron chi connectivity index (χ4n) is 1.87. The second-order valence-corrected chi connectivity index (χ2v) is 5.55. The van der Waals surface area contributed by atoms with Gasteiger partial charge in [0, 0.05) is 13.0 Å². The number of carboxylic acid groups (broad SMARTS) is 1. The molecule has 0 bridgehead atoms. The molecule has 0 aliphatic heterocycles. The lowest BCUT2D eigenvalue weighted by molar-refractivity contribution is -0.142. The molecule has 0 radical (unpaired) electrons. The second-order valence-electron chi connectivity index (χ2n) is 5.55. The maximum Gasteiger partial charge on any atom is 0.326 e. The van der Waals surface area contributed by atoms with Gasteiger partial charge in [0.15, 0.2) is 5.96 Å². The molecule has 0 heterocycles. The Morgan fingerprint density at radius 3 is 2.33 bits per heavy atom. The average Bonchev–Trinajstić information content (AvgIpc) is 2.37. The van der Waals surface area contributed by atoms with E-state index in [0.717, 1.165) is 19.3 Å². The van der Waals surface area contributed by atoms with Crippen molar-refractivity contribution < 1.29 is 14.7 Å². The summed E-state index contributed by atoms with van der Waals surface area (Å²) in [6.07, 6.45) is 4.02. The molecule has 0 aromatic carbocycles. The lowest BCUT2D eigenvalue weighted by Gasteiger charge is -2.14. The molecule has 122 valence electrons. The molecular weight excluding hydrogens is 272 g/mol. The zero-order chi connectivity index (χ0) is 16.3. The Labute approximate surface area is 126 Å². The van der Waals surface area contributed by atoms with Gasteiger partial charge in [0.1, 0.15) is 6.04 Å². The van der Waals surface area contributed by atoms with Crippen molar-refractivity contribution in [3.8, 4) is 0 Å². The number of guanidine groups is 1. The number of aliphatic carboxylic acids is 1. The van der Waals surface area contributed by atoms with E-state index in [-0.39, 0.29) is 11.9 Å². The van der Waals surface area contributed by atoms with E-state index < -0.39 is 12.0 Å². The number of hydrogen-bond acceptors (Lipinski definition) is 3. The SMILES string of the molecule is CC(C)CCCCC(=O)N[C@@H](CCCN=C(N)N)C(=O)O. The van der Waals surface area contributed by atoms with Crippen molar-refractivity contribution in [2.45, 2.75) is 58.4 Å². The molecule has 0 aliphatic rings. The van der Waals surface area contributed by atoms with E-state index >= 15 is 0 Å². The summed E-state index contributed by atoms with van der Waals surface area (Å²) >= 11 is 0. The Hall–Kier alpha value is -1.79. The molecule has 0 aromatic heterocycles. The molecule has 1 atom stereocenters. The Balaban J connectivity index is 3.99. The van der Waals surface area contributed by atoms with Crippen molar-refractivity contribution in [2.24, 2.45) is 22.4 Å². The van der Waals surface area contributed by atoms with Gasteiger partial charge in [0.05, 0.1) is 0 Å². The summed E-state index contributed by atoms with van der Waals surface area (Å²) in [5.74, 6) is -0.644. The summed E-state index contributed by atoms with van der Waals surface area (Å²) in [7, 11) is 0. The standard InChI is InChI=1S/C14H28N4O3/c1-10(2)6-3-4-8-12(19)18-11(13(20)21)7-5-9-17-14(15)16/h10-11H,3-9H2,1-2H3,(H,18,19)(H,20,21)(H4,15,16,17)/t11-/m0/s1. The number of rotatable bonds is 11. The third-order valence-corrected chi connectivity index (χ3v) is 3.01. The van der Waals surface area contributed by atoms with Crippen LogP contribution in [0.3, 0.4) is 0 Å². The lowest BCUT2D eigenvalue weighted by atomic mass is 10.0. The van der Waals surface area contributed by atoms with E-state index in [1.807, 2.05) is 0 Å². The summed E-state index contributed by atoms with van der Waals surface area (Å²) in [5.41, 5.74) is 10.4. The number of carbonyl (C=O) groups excluding carboxylic acids is 1. The van der Waals surface area contributed by atoms with E-state index in [4.69, 9.17) is 16.6 Å². The molecule has 6 N–H and O–H groups in total. The molecule has 0 unspecified atom stereocenters. The van der Waals surface area contributed by atoms with Gasteiger partial charge in [0.2, 0.25) is 5.91 Å². The maximum atomic E-state index is 11.7. The Kier molecular flexibility index (Phi) is 10.0. The number of unbranched alkanes of at least 4 members (excludes halogenated alkanes) is 1. The van der Waals surface area contributed by atoms with Gasteiger partial charge in [-0.15, -0.1) is 0 Å². The third-order valence-electron chi connectivity index (χ3n) is 3.01. The molecule has 0 saturated carbocycles. The van der Waals surface area contributed by atoms with Crippen molar-refractivity contribution >= 4 is 17.8 Å². The van der Waals surface area contributed by atoms with Gasteiger partial charge in [-0.25, -0.2) is 4.79 Å². The third kappa shape index (κ3) is 11.7. The Morgan fingerprint density at radius 2 is 1.81 bits per heavy atom. The monoisotopic (exact) mass is 300 g/mol. The number of nitrogens with zero attached hydrogens (tertiary/aromatic N) is 1. The molecule has 7 nitrogen and oxygen atoms in total. The average molecular weight is 300 g/mol. The van der Waals surface area contributed by atoms with Gasteiger partial charge < -0.3 is 21.9 Å². The van der Waals surface area contributed by atoms with Crippen molar-refractivity contribution in [1.82, 2.24) is 5.32 Å². The van der Waals surface area contributed by atoms with E-state index in [1.54, 1.807) is 0 Å². The molecule has 21 heavy (non-hydrogen) atoms. The normalized spacial score (nSPS) is 12.0. The highest BCUT2D eigenvalue weighted by Gasteiger charge is 2.18. The van der Waals surface area contributed by atoms with Gasteiger partial charge in [0.25, 0.3) is 0 Å². The molecule has 0 spiro atoms. The highest BCUT2D eigenvalue weighted by atomic mass is 16.4. The number of carbonyl (C=O) groups is 2. The minimum atomic E-state index is -1.03. The zero-order valence-corrected chi connectivity index (χ0v) is 13.0. The molecule has 0 saturated heterocycles. The van der Waals surface area contributed by atoms with Crippen molar-refractivity contribution in [1.29, 1.82) is 0 Å². The van der Waals surface area contributed by atoms with Crippen LogP contribution in [-0.2, 0) is 9.59 Å². The molecule has 0 fully saturated rings. The van der Waals surface area contributed by atoms with E-state index in [2.05, 4.69) is 24.2 Å². The molecule has 0 rings (SSSR count). The van der Waals surface area contributed by atoms with Gasteiger partial charge in [-0.3, -0.25) is 9.79 Å². The number of amides is 1. The topological polar surface area (TPSA) is 131 Å². The van der Waals surface area contributed by atoms with E-state index in [9.17, 15) is 9.59 Å². The van der Waals surface area contributed by atoms with Crippen LogP contribution < -0.4 is 16.8 Å². The Morgan fingerprint density at radius 1 is 1.14 bits per heavy atom. The minimum Gasteiger partial charge on any atom is -0.480 e. The molecule has 0 aliphatic carbocycles. The number of nitrogens with two attached hydrogens (primary N) is 2. The maximum absolute atomic E-state index is 11.7. The highest BCUT2D eigenvalue weighted by Crippen LogP contribution is 2.08. The quantitative estimate of drug-likeness (QED) is 0.255. The Bertz CT molecular complexity index is 352. The van der Waals surface area contributed by atoms with Crippen LogP contribution in [0.1, 0.15) is 52.4 Å². The van der Waals surface area contributed by atoms with Crippen LogP contribution in [0.2, 0.25) is 0 Å². The van der Waals surface area contributed by atoms with Crippen LogP contribution in [0.15, 0.2) is 4.99 Å². The number of nitrogens with one attached hydrogen (secondary N) is 1. The molecule has 7 heteroatoms. The molecule has 1 amide bonds. The second kappa shape index (κ2) is 10.9. The van der Waals surface area contributed by atoms with Crippen molar-refractivity contribution in [3.05, 3.63) is 0 Å². The first kappa shape index (κ1) is 19.2. The van der Waals surface area contributed by atoms with Crippen LogP contribution in [0, 0.1) is 5.92 Å². The zero-order valence-electron chi connectivity index (χ0n) is 13.0. The predicted molar refractivity (Wildman–Crippen MR) is 82.8 cm³/mol. The first-order chi connectivity index (χ1) is 9.82.